The molecule has 0 aliphatic rings. The number of aryl methyl sites for hydroxylation is 1. The van der Waals surface area contributed by atoms with Crippen LogP contribution in [-0.4, -0.2) is 43.4 Å². The standard InChI is InChI=1S/C11H11N5O4S/c1-4-7(9(21-2)14-11(20)12-4)8(17)13-6-3-5(10(18)19)15-16-6/h3H,1-2H3,(H,18,19)(H,12,14,20)(H2,13,15,16,17). The fourth-order valence-electron chi connectivity index (χ4n) is 1.65. The minimum atomic E-state index is -1.19. The molecule has 1 amide bonds. The second-order valence-electron chi connectivity index (χ2n) is 3.98. The van der Waals surface area contributed by atoms with Crippen molar-refractivity contribution in [3.63, 3.8) is 0 Å². The van der Waals surface area contributed by atoms with E-state index >= 15 is 0 Å². The van der Waals surface area contributed by atoms with Gasteiger partial charge in [-0.3, -0.25) is 9.89 Å². The van der Waals surface area contributed by atoms with E-state index in [0.29, 0.717) is 5.69 Å². The van der Waals surface area contributed by atoms with Crippen LogP contribution in [0.5, 0.6) is 0 Å². The topological polar surface area (TPSA) is 141 Å². The molecule has 0 unspecified atom stereocenters. The molecule has 9 nitrogen and oxygen atoms in total. The lowest BCUT2D eigenvalue weighted by atomic mass is 10.2. The van der Waals surface area contributed by atoms with E-state index in [1.165, 1.54) is 6.07 Å². The Morgan fingerprint density at radius 3 is 2.71 bits per heavy atom. The number of hydrogen-bond donors (Lipinski definition) is 4. The summed E-state index contributed by atoms with van der Waals surface area (Å²) < 4.78 is 0. The average molecular weight is 309 g/mol. The number of aromatic nitrogens is 4. The largest absolute Gasteiger partial charge is 0.477 e. The molecule has 0 bridgehead atoms. The smallest absolute Gasteiger partial charge is 0.353 e. The Hall–Kier alpha value is -2.62. The molecule has 0 spiro atoms. The molecule has 0 saturated heterocycles. The van der Waals surface area contributed by atoms with Crippen LogP contribution < -0.4 is 11.0 Å². The number of nitrogens with zero attached hydrogens (tertiary/aromatic N) is 2. The summed E-state index contributed by atoms with van der Waals surface area (Å²) in [5.74, 6) is -1.66. The number of H-pyrrole nitrogens is 2. The average Bonchev–Trinajstić information content (AvgIpc) is 2.86. The highest BCUT2D eigenvalue weighted by Gasteiger charge is 2.18. The quantitative estimate of drug-likeness (QED) is 0.475. The Bertz CT molecular complexity index is 766. The van der Waals surface area contributed by atoms with Gasteiger partial charge in [0, 0.05) is 11.8 Å². The second kappa shape index (κ2) is 5.79. The van der Waals surface area contributed by atoms with Crippen molar-refractivity contribution >= 4 is 29.5 Å². The first-order chi connectivity index (χ1) is 9.92. The molecule has 10 heteroatoms. The fourth-order valence-corrected chi connectivity index (χ4v) is 2.27. The van der Waals surface area contributed by atoms with Crippen LogP contribution in [0.25, 0.3) is 0 Å². The molecular formula is C11H11N5O4S. The molecule has 0 aliphatic carbocycles. The van der Waals surface area contributed by atoms with Crippen LogP contribution in [0.15, 0.2) is 15.9 Å². The first-order valence-corrected chi connectivity index (χ1v) is 6.89. The summed E-state index contributed by atoms with van der Waals surface area (Å²) in [4.78, 5) is 40.4. The summed E-state index contributed by atoms with van der Waals surface area (Å²) in [5, 5.41) is 17.4. The number of carboxylic acids is 1. The Morgan fingerprint density at radius 2 is 2.14 bits per heavy atom. The van der Waals surface area contributed by atoms with E-state index in [1.807, 2.05) is 0 Å². The first kappa shape index (κ1) is 14.8. The monoisotopic (exact) mass is 309 g/mol. The summed E-state index contributed by atoms with van der Waals surface area (Å²) >= 11 is 1.16. The Balaban J connectivity index is 2.32. The number of hydrogen-bond acceptors (Lipinski definition) is 6. The number of aromatic carboxylic acids is 1. The molecule has 0 aliphatic heterocycles. The summed E-state index contributed by atoms with van der Waals surface area (Å²) in [6.07, 6.45) is 1.69. The number of carbonyl (C=O) groups is 2. The molecule has 21 heavy (non-hydrogen) atoms. The Morgan fingerprint density at radius 1 is 1.43 bits per heavy atom. The Labute approximate surface area is 122 Å². The number of aromatic amines is 2. The minimum Gasteiger partial charge on any atom is -0.477 e. The molecule has 4 N–H and O–H groups in total. The minimum absolute atomic E-state index is 0.0649. The van der Waals surface area contributed by atoms with Crippen LogP contribution >= 0.6 is 11.8 Å². The van der Waals surface area contributed by atoms with Gasteiger partial charge in [0.1, 0.15) is 10.7 Å². The second-order valence-corrected chi connectivity index (χ2v) is 4.77. The molecule has 2 heterocycles. The zero-order valence-electron chi connectivity index (χ0n) is 11.1. The van der Waals surface area contributed by atoms with E-state index < -0.39 is 17.6 Å². The van der Waals surface area contributed by atoms with E-state index in [1.54, 1.807) is 13.2 Å². The lowest BCUT2D eigenvalue weighted by Crippen LogP contribution is -2.22. The van der Waals surface area contributed by atoms with Crippen molar-refractivity contribution < 1.29 is 14.7 Å². The van der Waals surface area contributed by atoms with Gasteiger partial charge in [-0.2, -0.15) is 10.1 Å². The summed E-state index contributed by atoms with van der Waals surface area (Å²) in [5.41, 5.74) is -0.110. The molecule has 0 aromatic carbocycles. The van der Waals surface area contributed by atoms with Gasteiger partial charge in [-0.25, -0.2) is 9.59 Å². The molecule has 2 aromatic rings. The molecular weight excluding hydrogens is 298 g/mol. The molecule has 0 radical (unpaired) electrons. The predicted octanol–water partition coefficient (Wildman–Crippen LogP) is 0.474. The van der Waals surface area contributed by atoms with E-state index in [-0.39, 0.29) is 22.1 Å². The van der Waals surface area contributed by atoms with Crippen molar-refractivity contribution in [2.75, 3.05) is 11.6 Å². The number of carboxylic acid groups (broad SMARTS) is 1. The highest BCUT2D eigenvalue weighted by Crippen LogP contribution is 2.19. The number of nitrogens with one attached hydrogen (secondary N) is 3. The summed E-state index contributed by atoms with van der Waals surface area (Å²) in [7, 11) is 0. The SMILES string of the molecule is CSc1nc(=O)[nH]c(C)c1C(=O)Nc1cc(C(=O)O)[nH]n1. The predicted molar refractivity (Wildman–Crippen MR) is 74.9 cm³/mol. The number of amides is 1. The van der Waals surface area contributed by atoms with Crippen LogP contribution in [0.1, 0.15) is 26.5 Å². The third kappa shape index (κ3) is 3.11. The van der Waals surface area contributed by atoms with Gasteiger partial charge in [0.05, 0.1) is 5.56 Å². The highest BCUT2D eigenvalue weighted by molar-refractivity contribution is 7.98. The third-order valence-corrected chi connectivity index (χ3v) is 3.24. The molecule has 0 atom stereocenters. The maximum atomic E-state index is 12.2. The van der Waals surface area contributed by atoms with Crippen molar-refractivity contribution in [2.45, 2.75) is 11.9 Å². The third-order valence-electron chi connectivity index (χ3n) is 2.56. The van der Waals surface area contributed by atoms with E-state index in [4.69, 9.17) is 5.11 Å². The van der Waals surface area contributed by atoms with Crippen LogP contribution in [0.2, 0.25) is 0 Å². The lowest BCUT2D eigenvalue weighted by Gasteiger charge is -2.08. The van der Waals surface area contributed by atoms with Crippen LogP contribution in [0.3, 0.4) is 0 Å². The van der Waals surface area contributed by atoms with Crippen LogP contribution in [0, 0.1) is 6.92 Å². The van der Waals surface area contributed by atoms with Gasteiger partial charge in [-0.15, -0.1) is 11.8 Å². The van der Waals surface area contributed by atoms with Crippen molar-refractivity contribution in [1.82, 2.24) is 20.2 Å². The lowest BCUT2D eigenvalue weighted by molar-refractivity contribution is 0.0690. The highest BCUT2D eigenvalue weighted by atomic mass is 32.2. The molecule has 0 fully saturated rings. The molecule has 2 aromatic heterocycles. The van der Waals surface area contributed by atoms with E-state index in [2.05, 4.69) is 25.5 Å². The maximum absolute atomic E-state index is 12.2. The number of rotatable bonds is 4. The number of thioether (sulfide) groups is 1. The van der Waals surface area contributed by atoms with Crippen LogP contribution in [-0.2, 0) is 0 Å². The first-order valence-electron chi connectivity index (χ1n) is 5.67. The van der Waals surface area contributed by atoms with Gasteiger partial charge < -0.3 is 15.4 Å². The zero-order chi connectivity index (χ0) is 15.6. The fraction of sp³-hybridized carbons (Fsp3) is 0.182. The number of anilines is 1. The van der Waals surface area contributed by atoms with Crippen molar-refractivity contribution in [1.29, 1.82) is 0 Å². The van der Waals surface area contributed by atoms with Gasteiger partial charge in [0.25, 0.3) is 5.91 Å². The van der Waals surface area contributed by atoms with Gasteiger partial charge >= 0.3 is 11.7 Å². The van der Waals surface area contributed by atoms with Crippen molar-refractivity contribution in [2.24, 2.45) is 0 Å². The van der Waals surface area contributed by atoms with E-state index in [9.17, 15) is 14.4 Å². The normalized spacial score (nSPS) is 10.4. The van der Waals surface area contributed by atoms with Gasteiger partial charge in [-0.1, -0.05) is 0 Å². The zero-order valence-corrected chi connectivity index (χ0v) is 11.9. The van der Waals surface area contributed by atoms with Gasteiger partial charge in [0.2, 0.25) is 0 Å². The number of carbonyl (C=O) groups excluding carboxylic acids is 1. The summed E-state index contributed by atoms with van der Waals surface area (Å²) in [6.45, 7) is 1.57. The molecule has 0 saturated carbocycles. The Kier molecular flexibility index (Phi) is 4.08. The van der Waals surface area contributed by atoms with Crippen LogP contribution in [0.4, 0.5) is 5.82 Å². The molecule has 110 valence electrons. The van der Waals surface area contributed by atoms with Crippen molar-refractivity contribution in [3.05, 3.63) is 33.5 Å². The van der Waals surface area contributed by atoms with Gasteiger partial charge in [0.15, 0.2) is 5.82 Å². The molecule has 2 rings (SSSR count). The van der Waals surface area contributed by atoms with Gasteiger partial charge in [-0.05, 0) is 13.2 Å². The van der Waals surface area contributed by atoms with E-state index in [0.717, 1.165) is 11.8 Å². The maximum Gasteiger partial charge on any atom is 0.353 e. The van der Waals surface area contributed by atoms with Crippen molar-refractivity contribution in [3.8, 4) is 0 Å². The summed E-state index contributed by atoms with van der Waals surface area (Å²) in [6, 6.07) is 1.19.